The second-order valence-electron chi connectivity index (χ2n) is 16.2. The highest BCUT2D eigenvalue weighted by molar-refractivity contribution is 7.89. The van der Waals surface area contributed by atoms with Gasteiger partial charge in [0.25, 0.3) is 5.91 Å². The Morgan fingerprint density at radius 3 is 2.14 bits per heavy atom. The number of amides is 5. The van der Waals surface area contributed by atoms with Gasteiger partial charge in [-0.25, -0.2) is 13.2 Å². The summed E-state index contributed by atoms with van der Waals surface area (Å²) in [5.74, 6) is -1.15. The van der Waals surface area contributed by atoms with E-state index in [1.807, 2.05) is 13.8 Å². The van der Waals surface area contributed by atoms with Gasteiger partial charge in [0.15, 0.2) is 0 Å². The number of likely N-dealkylation sites (tertiary alicyclic amines) is 1. The van der Waals surface area contributed by atoms with Gasteiger partial charge in [-0.1, -0.05) is 54.5 Å². The number of hydrogen-bond donors (Lipinski definition) is 4. The molecule has 1 aliphatic heterocycles. The van der Waals surface area contributed by atoms with E-state index in [9.17, 15) is 32.4 Å². The summed E-state index contributed by atoms with van der Waals surface area (Å²) in [4.78, 5) is 68.7. The fourth-order valence-corrected chi connectivity index (χ4v) is 8.27. The Morgan fingerprint density at radius 1 is 1.06 bits per heavy atom. The van der Waals surface area contributed by atoms with E-state index < -0.39 is 74.7 Å². The lowest BCUT2D eigenvalue weighted by Crippen LogP contribution is -2.62. The molecule has 1 unspecified atom stereocenters. The zero-order valence-electron chi connectivity index (χ0n) is 31.1. The number of Topliss-reactive ketones (excluding diaryl/α,β-unsaturated/α-hetero) is 1. The topological polar surface area (TPSA) is 174 Å². The fourth-order valence-electron chi connectivity index (χ4n) is 6.29. The zero-order valence-corrected chi connectivity index (χ0v) is 31.9. The van der Waals surface area contributed by atoms with Gasteiger partial charge >= 0.3 is 6.03 Å². The van der Waals surface area contributed by atoms with Crippen LogP contribution >= 0.6 is 0 Å². The van der Waals surface area contributed by atoms with Crippen molar-refractivity contribution in [2.75, 3.05) is 25.9 Å². The minimum atomic E-state index is -3.75. The van der Waals surface area contributed by atoms with Gasteiger partial charge in [-0.3, -0.25) is 19.2 Å². The Labute approximate surface area is 293 Å². The summed E-state index contributed by atoms with van der Waals surface area (Å²) in [5.41, 5.74) is -1.72. The second kappa shape index (κ2) is 15.6. The lowest BCUT2D eigenvalue weighted by atomic mass is 9.85. The Morgan fingerprint density at radius 2 is 1.65 bits per heavy atom. The highest BCUT2D eigenvalue weighted by Gasteiger charge is 2.70. The van der Waals surface area contributed by atoms with Crippen molar-refractivity contribution in [1.82, 2.24) is 30.5 Å². The average molecular weight is 707 g/mol. The van der Waals surface area contributed by atoms with E-state index in [1.54, 1.807) is 55.4 Å². The predicted molar refractivity (Wildman–Crippen MR) is 189 cm³/mol. The van der Waals surface area contributed by atoms with Crippen LogP contribution in [0.3, 0.4) is 0 Å². The van der Waals surface area contributed by atoms with Gasteiger partial charge in [-0.2, -0.15) is 4.31 Å². The minimum Gasteiger partial charge on any atom is -0.346 e. The van der Waals surface area contributed by atoms with Gasteiger partial charge in [-0.05, 0) is 55.8 Å². The molecule has 0 spiro atoms. The van der Waals surface area contributed by atoms with Crippen molar-refractivity contribution < 1.29 is 32.4 Å². The lowest BCUT2D eigenvalue weighted by Gasteiger charge is -2.38. The number of rotatable bonds is 15. The maximum atomic E-state index is 14.3. The van der Waals surface area contributed by atoms with Crippen molar-refractivity contribution in [3.05, 3.63) is 12.7 Å². The number of carbonyl (C=O) groups excluding carboxylic acids is 5. The van der Waals surface area contributed by atoms with Gasteiger partial charge in [0, 0.05) is 38.1 Å². The first-order valence-electron chi connectivity index (χ1n) is 16.8. The van der Waals surface area contributed by atoms with E-state index in [4.69, 9.17) is 6.42 Å². The molecule has 49 heavy (non-hydrogen) atoms. The van der Waals surface area contributed by atoms with Crippen molar-refractivity contribution in [3.63, 3.8) is 0 Å². The molecule has 0 radical (unpaired) electrons. The van der Waals surface area contributed by atoms with Crippen LogP contribution in [0, 0.1) is 40.9 Å². The van der Waals surface area contributed by atoms with Crippen LogP contribution in [0.4, 0.5) is 4.79 Å². The monoisotopic (exact) mass is 706 g/mol. The number of fused-ring (bicyclic) bond motifs is 1. The standard InChI is InChI=1S/C35H58N6O7S/c1-14-16-17-23(27(42)30(44)36-18-15-2)37-29(43)26-25-22(35(25,11)12)19-41(26)31(45)28(33(5,6)7)39-32(46)38-24(21(3)4)20-49(47,48)40(13)34(8,9)10/h1,15,21-26,28H,2,16-20H2,3-13H3,(H,36,44)(H,37,43)(H2,38,39,46)/t22-,23?,24+,25-,26-,28+/m0/s1. The van der Waals surface area contributed by atoms with Crippen molar-refractivity contribution in [3.8, 4) is 12.3 Å². The summed E-state index contributed by atoms with van der Waals surface area (Å²) < 4.78 is 27.6. The highest BCUT2D eigenvalue weighted by atomic mass is 32.2. The second-order valence-corrected chi connectivity index (χ2v) is 18.3. The van der Waals surface area contributed by atoms with Crippen LogP contribution in [0.2, 0.25) is 0 Å². The van der Waals surface area contributed by atoms with Crippen LogP contribution in [0.5, 0.6) is 0 Å². The molecule has 2 fully saturated rings. The first-order chi connectivity index (χ1) is 22.3. The van der Waals surface area contributed by atoms with Gasteiger partial charge in [0.2, 0.25) is 27.6 Å². The van der Waals surface area contributed by atoms with Crippen molar-refractivity contribution in [2.24, 2.45) is 28.6 Å². The molecule has 0 aromatic heterocycles. The molecular formula is C35H58N6O7S. The summed E-state index contributed by atoms with van der Waals surface area (Å²) >= 11 is 0. The first kappa shape index (κ1) is 41.7. The number of ketones is 1. The molecule has 13 nitrogen and oxygen atoms in total. The molecule has 0 bridgehead atoms. The van der Waals surface area contributed by atoms with Gasteiger partial charge in [-0.15, -0.1) is 18.9 Å². The largest absolute Gasteiger partial charge is 0.346 e. The minimum absolute atomic E-state index is 0.00716. The van der Waals surface area contributed by atoms with E-state index in [2.05, 4.69) is 33.8 Å². The molecule has 1 saturated carbocycles. The number of terminal acetylenes is 1. The number of nitrogens with one attached hydrogen (secondary N) is 4. The molecular weight excluding hydrogens is 648 g/mol. The number of carbonyl (C=O) groups is 5. The molecule has 4 N–H and O–H groups in total. The Balaban J connectivity index is 2.34. The van der Waals surface area contributed by atoms with Gasteiger partial charge in [0.1, 0.15) is 12.1 Å². The summed E-state index contributed by atoms with van der Waals surface area (Å²) in [6, 6.07) is -4.72. The third-order valence-corrected chi connectivity index (χ3v) is 12.0. The van der Waals surface area contributed by atoms with Crippen LogP contribution in [-0.4, -0.2) is 103 Å². The molecule has 2 aliphatic rings. The van der Waals surface area contributed by atoms with Crippen LogP contribution in [0.15, 0.2) is 12.7 Å². The van der Waals surface area contributed by atoms with Crippen molar-refractivity contribution in [1.29, 1.82) is 0 Å². The molecule has 0 aromatic rings. The molecule has 6 atom stereocenters. The SMILES string of the molecule is C#CCCC(NC(=O)[C@@H]1[C@@H]2[C@H](CN1C(=O)[C@@H](NC(=O)N[C@H](CS(=O)(=O)N(C)C(C)(C)C)C(C)C)C(C)(C)C)C2(C)C)C(=O)C(=O)NCC=C. The van der Waals surface area contributed by atoms with Crippen LogP contribution in [0.25, 0.3) is 0 Å². The molecule has 1 saturated heterocycles. The first-order valence-corrected chi connectivity index (χ1v) is 18.4. The molecule has 0 aromatic carbocycles. The van der Waals surface area contributed by atoms with E-state index in [0.717, 1.165) is 0 Å². The normalized spacial score (nSPS) is 21.9. The quantitative estimate of drug-likeness (QED) is 0.115. The molecule has 14 heteroatoms. The molecule has 1 aliphatic carbocycles. The van der Waals surface area contributed by atoms with Crippen LogP contribution < -0.4 is 21.3 Å². The summed E-state index contributed by atoms with van der Waals surface area (Å²) in [5, 5.41) is 10.7. The molecule has 5 amide bonds. The lowest BCUT2D eigenvalue weighted by molar-refractivity contribution is -0.145. The highest BCUT2D eigenvalue weighted by Crippen LogP contribution is 2.65. The van der Waals surface area contributed by atoms with Crippen LogP contribution in [-0.2, 0) is 29.2 Å². The summed E-state index contributed by atoms with van der Waals surface area (Å²) in [7, 11) is -2.25. The van der Waals surface area contributed by atoms with E-state index >= 15 is 0 Å². The number of urea groups is 1. The number of nitrogens with zero attached hydrogens (tertiary/aromatic N) is 2. The summed E-state index contributed by atoms with van der Waals surface area (Å²) in [6.45, 7) is 22.2. The third-order valence-electron chi connectivity index (χ3n) is 9.86. The Kier molecular flexibility index (Phi) is 13.3. The zero-order chi connectivity index (χ0) is 37.9. The number of piperidine rings is 1. The maximum Gasteiger partial charge on any atom is 0.315 e. The number of hydrogen-bond acceptors (Lipinski definition) is 7. The molecule has 1 heterocycles. The van der Waals surface area contributed by atoms with Gasteiger partial charge < -0.3 is 26.2 Å². The predicted octanol–water partition coefficient (Wildman–Crippen LogP) is 2.04. The van der Waals surface area contributed by atoms with E-state index in [1.165, 1.54) is 22.3 Å². The third kappa shape index (κ3) is 10.1. The fraction of sp³-hybridized carbons (Fsp3) is 0.743. The Hall–Kier alpha value is -3.44. The Bertz CT molecular complexity index is 1440. The molecule has 276 valence electrons. The average Bonchev–Trinajstić information content (AvgIpc) is 3.29. The van der Waals surface area contributed by atoms with E-state index in [-0.39, 0.29) is 54.9 Å². The van der Waals surface area contributed by atoms with Crippen molar-refractivity contribution in [2.45, 2.75) is 112 Å². The van der Waals surface area contributed by atoms with Gasteiger partial charge in [0.05, 0.1) is 11.8 Å². The smallest absolute Gasteiger partial charge is 0.315 e. The van der Waals surface area contributed by atoms with Crippen molar-refractivity contribution >= 4 is 39.6 Å². The maximum absolute atomic E-state index is 14.3. The van der Waals surface area contributed by atoms with Crippen LogP contribution in [0.1, 0.15) is 82.1 Å². The number of sulfonamides is 1. The molecule has 2 rings (SSSR count). The summed E-state index contributed by atoms with van der Waals surface area (Å²) in [6.07, 6.45) is 7.01. The van der Waals surface area contributed by atoms with E-state index in [0.29, 0.717) is 0 Å².